The molecule has 12 aliphatic rings. The van der Waals surface area contributed by atoms with Crippen LogP contribution in [0.2, 0.25) is 0 Å². The van der Waals surface area contributed by atoms with Gasteiger partial charge in [-0.2, -0.15) is 21.3 Å². The van der Waals surface area contributed by atoms with Crippen LogP contribution in [-0.2, 0) is 63.0 Å². The lowest BCUT2D eigenvalue weighted by atomic mass is 9.48. The number of carboxylic acid groups (broad SMARTS) is 1. The average molecular weight is 1730 g/mol. The van der Waals surface area contributed by atoms with Gasteiger partial charge in [0.2, 0.25) is 36.0 Å². The number of hydrogen-bond donors (Lipinski definition) is 7. The fourth-order valence-electron chi connectivity index (χ4n) is 19.8. The number of aliphatic carboxylic acids is 1. The van der Waals surface area contributed by atoms with Crippen molar-refractivity contribution in [2.75, 3.05) is 78.7 Å². The summed E-state index contributed by atoms with van der Waals surface area (Å²) in [7, 11) is -12.6. The molecule has 8 saturated carbocycles. The van der Waals surface area contributed by atoms with Gasteiger partial charge in [0.05, 0.1) is 31.1 Å². The summed E-state index contributed by atoms with van der Waals surface area (Å²) < 4.78 is 132. The monoisotopic (exact) mass is 1730 g/mol. The predicted molar refractivity (Wildman–Crippen MR) is 455 cm³/mol. The third-order valence-corrected chi connectivity index (χ3v) is 34.0. The van der Waals surface area contributed by atoms with Crippen molar-refractivity contribution in [2.24, 2.45) is 75.7 Å². The van der Waals surface area contributed by atoms with Gasteiger partial charge in [0.25, 0.3) is 19.2 Å². The molecular weight excluding hydrogens is 1600 g/mol. The van der Waals surface area contributed by atoms with Crippen molar-refractivity contribution in [1.82, 2.24) is 23.5 Å². The lowest BCUT2D eigenvalue weighted by Gasteiger charge is -2.57. The Balaban J connectivity index is 0.000000183. The molecule has 2 unspecified atom stereocenters. The Bertz CT molecular complexity index is 4460. The Morgan fingerprint density at radius 3 is 1.04 bits per heavy atom. The number of hydrogen-bond acceptors (Lipinski definition) is 18. The molecule has 648 valence electrons. The van der Waals surface area contributed by atoms with Gasteiger partial charge < -0.3 is 36.8 Å². The first kappa shape index (κ1) is 96.2. The first-order valence-corrected chi connectivity index (χ1v) is 49.0. The van der Waals surface area contributed by atoms with Crippen molar-refractivity contribution < 1.29 is 76.3 Å². The molecule has 8 aliphatic carbocycles. The van der Waals surface area contributed by atoms with E-state index in [1.54, 1.807) is 81.4 Å². The van der Waals surface area contributed by atoms with Crippen LogP contribution in [0.3, 0.4) is 0 Å². The largest absolute Gasteiger partial charge is 0.479 e. The molecule has 23 nitrogen and oxygen atoms in total. The van der Waals surface area contributed by atoms with E-state index >= 15 is 0 Å². The predicted octanol–water partition coefficient (Wildman–Crippen LogP) is 13.2. The number of aliphatic hydroxyl groups is 3. The van der Waals surface area contributed by atoms with Gasteiger partial charge in [0.15, 0.2) is 6.10 Å². The zero-order chi connectivity index (χ0) is 82.4. The minimum Gasteiger partial charge on any atom is -0.479 e. The summed E-state index contributed by atoms with van der Waals surface area (Å²) in [4.78, 5) is 24.7. The maximum Gasteiger partial charge on any atom is 0.332 e. The van der Waals surface area contributed by atoms with Crippen LogP contribution < -0.4 is 16.4 Å². The second-order valence-electron chi connectivity index (χ2n) is 34.8. The second-order valence-corrected chi connectivity index (χ2v) is 44.7. The van der Waals surface area contributed by atoms with Gasteiger partial charge in [-0.05, 0) is 326 Å². The summed E-state index contributed by atoms with van der Waals surface area (Å²) in [6, 6.07) is 33.7. The molecule has 4 heterocycles. The highest BCUT2D eigenvalue weighted by atomic mass is 35.7. The first-order valence-electron chi connectivity index (χ1n) is 41.0. The standard InChI is InChI=1S/C26H38N2O4S.C20H25NO5S2.C13H20N2O2S.C13H20O3.C7H7ClO2S.C6H13NO.2CH4/c1-18-2-4-23(5-3-18)33(31,32)28-8-6-19(7-9-28)17-27-25(30)24(29)16-26-13-20-10-21(14-26)12-22(11-20)15-26;1-16-3-7-19(8-4-16)27(22,23)21-13-11-18(12-14-21)15-26-28(24,25)20-9-5-17(2)6-10-20;1-11-2-4-13(5-3-11)18(16,17)15-8-6-12(10-14)7-9-15;14-11(12(15)16)7-13-4-8-1-9(5-13)3-10(2-8)6-13;1-6-2-4-7(5-3-6)11(8,9)10;8-5-6-1-3-7-4-2-6;;/h2-5,19-22,24,29H,6-17H2,1H3,(H,27,30);3-10,18H,11-15H2,1-2H3;2-5,12H,6-10,14H2,1H3;8-11,14H,1-7H2,(H,15,16);2-5H,1H3;6-8H,1-5H2;2*1H4. The number of nitrogens with two attached hydrogens (primary N) is 1. The molecule has 4 aliphatic heterocycles. The van der Waals surface area contributed by atoms with E-state index in [-0.39, 0.29) is 64.7 Å². The van der Waals surface area contributed by atoms with Crippen LogP contribution in [0.5, 0.6) is 0 Å². The van der Waals surface area contributed by atoms with Crippen molar-refractivity contribution in [3.05, 3.63) is 149 Å². The summed E-state index contributed by atoms with van der Waals surface area (Å²) in [5.74, 6) is 4.91. The van der Waals surface area contributed by atoms with Gasteiger partial charge in [0.1, 0.15) is 6.10 Å². The highest BCUT2D eigenvalue weighted by molar-refractivity contribution is 8.13. The summed E-state index contributed by atoms with van der Waals surface area (Å²) in [5.41, 5.74) is 11.1. The average Bonchev–Trinajstić information content (AvgIpc) is 0.748. The summed E-state index contributed by atoms with van der Waals surface area (Å²) in [6.07, 6.45) is 20.9. The van der Waals surface area contributed by atoms with E-state index in [0.29, 0.717) is 106 Å². The SMILES string of the molecule is C.C.Cc1ccc(S(=O)(=O)Cl)cc1.Cc1ccc(S(=O)(=O)N2CCC(CN)CC2)cc1.Cc1ccc(S(=O)(=O)N2CCC(CNC(=O)C(O)CC34CC5CC(CC(C5)C3)C4)CC2)cc1.Cc1ccc(S(=O)(=O)OCC2CCN(S(=O)(=O)c3ccc(C)cc3)CC2)cc1.O=C(O)C(O)CC12CC3CC(CC(C3)C1)C2.OCC1CCNCC1. The van der Waals surface area contributed by atoms with Gasteiger partial charge in [-0.15, -0.1) is 0 Å². The van der Waals surface area contributed by atoms with Crippen LogP contribution in [-0.4, -0.2) is 178 Å². The number of carbonyl (C=O) groups is 2. The Morgan fingerprint density at radius 2 is 0.750 bits per heavy atom. The molecule has 0 spiro atoms. The quantitative estimate of drug-likeness (QED) is 0.0265. The zero-order valence-electron chi connectivity index (χ0n) is 67.0. The van der Waals surface area contributed by atoms with Crippen LogP contribution in [0.1, 0.15) is 184 Å². The normalized spacial score (nSPS) is 25.7. The van der Waals surface area contributed by atoms with E-state index in [1.165, 1.54) is 106 Å². The van der Waals surface area contributed by atoms with Crippen molar-refractivity contribution in [3.8, 4) is 0 Å². The number of benzene rings is 5. The molecule has 5 aromatic carbocycles. The number of carboxylic acids is 1. The molecule has 2 atom stereocenters. The molecule has 12 fully saturated rings. The highest BCUT2D eigenvalue weighted by Crippen LogP contribution is 2.63. The lowest BCUT2D eigenvalue weighted by molar-refractivity contribution is -0.152. The number of halogens is 1. The lowest BCUT2D eigenvalue weighted by Crippen LogP contribution is -2.49. The van der Waals surface area contributed by atoms with Gasteiger partial charge in [-0.3, -0.25) is 8.98 Å². The zero-order valence-corrected chi connectivity index (χ0v) is 71.8. The van der Waals surface area contributed by atoms with Crippen molar-refractivity contribution in [3.63, 3.8) is 0 Å². The van der Waals surface area contributed by atoms with Gasteiger partial charge in [-0.1, -0.05) is 103 Å². The maximum atomic E-state index is 12.9. The Hall–Kier alpha value is -5.28. The first-order chi connectivity index (χ1) is 53.9. The minimum atomic E-state index is -3.80. The van der Waals surface area contributed by atoms with Gasteiger partial charge in [0, 0.05) is 63.1 Å². The van der Waals surface area contributed by atoms with Crippen molar-refractivity contribution >= 4 is 71.8 Å². The Kier molecular flexibility index (Phi) is 35.2. The molecule has 8 N–H and O–H groups in total. The van der Waals surface area contributed by atoms with Crippen LogP contribution >= 0.6 is 10.7 Å². The molecule has 1 amide bonds. The second kappa shape index (κ2) is 42.5. The number of aliphatic hydroxyl groups excluding tert-OH is 3. The molecule has 116 heavy (non-hydrogen) atoms. The topological polar surface area (TPSA) is 355 Å². The number of aryl methyl sites for hydroxylation is 5. The molecule has 17 rings (SSSR count). The molecular formula is C87H131ClN6O17S5. The molecule has 5 aromatic rings. The third kappa shape index (κ3) is 26.6. The number of piperidine rings is 4. The van der Waals surface area contributed by atoms with E-state index in [1.807, 2.05) is 58.9 Å². The number of sulfonamides is 3. The fourth-order valence-corrected chi connectivity index (χ4v) is 26.0. The van der Waals surface area contributed by atoms with E-state index in [0.717, 1.165) is 115 Å². The van der Waals surface area contributed by atoms with E-state index in [9.17, 15) is 61.9 Å². The fraction of sp³-hybridized carbons (Fsp3) is 0.632. The maximum absolute atomic E-state index is 12.9. The number of nitrogens with one attached hydrogen (secondary N) is 2. The van der Waals surface area contributed by atoms with E-state index in [2.05, 4.69) is 10.6 Å². The number of rotatable bonds is 21. The summed E-state index contributed by atoms with van der Waals surface area (Å²) >= 11 is 0. The third-order valence-electron chi connectivity index (χ3n) is 25.6. The number of carbonyl (C=O) groups excluding carboxylic acids is 1. The highest BCUT2D eigenvalue weighted by Gasteiger charge is 2.53. The van der Waals surface area contributed by atoms with Gasteiger partial charge in [-0.25, -0.2) is 38.5 Å². The molecule has 0 radical (unpaired) electrons. The molecule has 0 aromatic heterocycles. The van der Waals surface area contributed by atoms with Crippen molar-refractivity contribution in [2.45, 2.75) is 227 Å². The molecule has 4 saturated heterocycles. The Morgan fingerprint density at radius 1 is 0.457 bits per heavy atom. The number of amides is 1. The number of nitrogens with zero attached hydrogens (tertiary/aromatic N) is 3. The smallest absolute Gasteiger partial charge is 0.332 e. The molecule has 8 bridgehead atoms. The van der Waals surface area contributed by atoms with Crippen LogP contribution in [0.4, 0.5) is 0 Å². The van der Waals surface area contributed by atoms with E-state index in [4.69, 9.17) is 30.8 Å². The van der Waals surface area contributed by atoms with E-state index < -0.39 is 67.4 Å². The van der Waals surface area contributed by atoms with Crippen LogP contribution in [0.15, 0.2) is 146 Å². The minimum absolute atomic E-state index is 0. The van der Waals surface area contributed by atoms with Crippen LogP contribution in [0.25, 0.3) is 0 Å². The van der Waals surface area contributed by atoms with Crippen LogP contribution in [0, 0.1) is 105 Å². The van der Waals surface area contributed by atoms with Crippen molar-refractivity contribution in [1.29, 1.82) is 0 Å². The Labute approximate surface area is 697 Å². The molecule has 29 heteroatoms. The summed E-state index contributed by atoms with van der Waals surface area (Å²) in [6.45, 7) is 16.1. The summed E-state index contributed by atoms with van der Waals surface area (Å²) in [5, 5.41) is 44.0. The van der Waals surface area contributed by atoms with Gasteiger partial charge >= 0.3 is 5.97 Å².